The van der Waals surface area contributed by atoms with Crippen molar-refractivity contribution in [1.29, 1.82) is 0 Å². The van der Waals surface area contributed by atoms with Gasteiger partial charge >= 0.3 is 0 Å². The smallest absolute Gasteiger partial charge is 0.0357 e. The highest BCUT2D eigenvalue weighted by atomic mass is 14.2. The molecule has 1 unspecified atom stereocenters. The molecule has 0 radical (unpaired) electrons. The highest BCUT2D eigenvalue weighted by molar-refractivity contribution is 4.65. The fraction of sp³-hybridized carbons (Fsp3) is 1.00. The lowest BCUT2D eigenvalue weighted by Gasteiger charge is -2.22. The molecule has 0 heterocycles. The predicted octanol–water partition coefficient (Wildman–Crippen LogP) is 7.37. The Morgan fingerprint density at radius 1 is 0.737 bits per heavy atom. The van der Waals surface area contributed by atoms with Gasteiger partial charge in [-0.3, -0.25) is 0 Å². The van der Waals surface area contributed by atoms with Crippen LogP contribution in [-0.2, 0) is 0 Å². The van der Waals surface area contributed by atoms with Crippen LogP contribution in [0.5, 0.6) is 0 Å². The van der Waals surface area contributed by atoms with Crippen LogP contribution in [0.1, 0.15) is 112 Å². The van der Waals surface area contributed by atoms with E-state index in [1.807, 2.05) is 0 Å². The van der Waals surface area contributed by atoms with Crippen molar-refractivity contribution >= 4 is 0 Å². The molecule has 0 heteroatoms. The summed E-state index contributed by atoms with van der Waals surface area (Å²) in [5, 5.41) is 0. The van der Waals surface area contributed by atoms with Crippen molar-refractivity contribution in [3.05, 3.63) is 0 Å². The van der Waals surface area contributed by atoms with Crippen molar-refractivity contribution in [2.24, 2.45) is 11.3 Å². The van der Waals surface area contributed by atoms with Gasteiger partial charge in [0.1, 0.15) is 0 Å². The molecule has 0 spiro atoms. The van der Waals surface area contributed by atoms with Gasteiger partial charge in [-0.1, -0.05) is 105 Å². The van der Waals surface area contributed by atoms with Crippen LogP contribution in [0, 0.1) is 11.3 Å². The topological polar surface area (TPSA) is 0 Å². The van der Waals surface area contributed by atoms with E-state index in [1.165, 1.54) is 77.0 Å². The molecular weight excluding hydrogens is 228 g/mol. The van der Waals surface area contributed by atoms with Crippen LogP contribution >= 0.6 is 0 Å². The van der Waals surface area contributed by atoms with E-state index in [4.69, 9.17) is 0 Å². The molecule has 0 saturated carbocycles. The molecule has 0 aliphatic heterocycles. The minimum absolute atomic E-state index is 0.578. The van der Waals surface area contributed by atoms with Crippen LogP contribution in [0.2, 0.25) is 0 Å². The third-order valence-corrected chi connectivity index (χ3v) is 4.81. The molecule has 1 atom stereocenters. The highest BCUT2D eigenvalue weighted by Gasteiger charge is 2.13. The summed E-state index contributed by atoms with van der Waals surface area (Å²) in [6.07, 6.45) is 17.2. The first-order valence-electron chi connectivity index (χ1n) is 9.02. The van der Waals surface area contributed by atoms with Crippen LogP contribution in [-0.4, -0.2) is 0 Å². The number of unbranched alkanes of at least 4 members (excludes halogenated alkanes) is 6. The van der Waals surface area contributed by atoms with Gasteiger partial charge in [0, 0.05) is 0 Å². The highest BCUT2D eigenvalue weighted by Crippen LogP contribution is 2.27. The zero-order valence-electron chi connectivity index (χ0n) is 14.6. The lowest BCUT2D eigenvalue weighted by atomic mass is 9.84. The van der Waals surface area contributed by atoms with Crippen LogP contribution in [0.3, 0.4) is 0 Å². The first kappa shape index (κ1) is 19.0. The summed E-state index contributed by atoms with van der Waals surface area (Å²) >= 11 is 0. The minimum Gasteiger partial charge on any atom is -0.0654 e. The van der Waals surface area contributed by atoms with E-state index in [2.05, 4.69) is 34.6 Å². The van der Waals surface area contributed by atoms with Crippen LogP contribution < -0.4 is 0 Å². The fourth-order valence-electron chi connectivity index (χ4n) is 2.68. The summed E-state index contributed by atoms with van der Waals surface area (Å²) in [4.78, 5) is 0. The number of hydrogen-bond donors (Lipinski definition) is 0. The molecule has 0 aromatic rings. The molecule has 0 bridgehead atoms. The molecule has 0 aliphatic rings. The number of hydrogen-bond acceptors (Lipinski definition) is 0. The summed E-state index contributed by atoms with van der Waals surface area (Å²) in [6, 6.07) is 0. The van der Waals surface area contributed by atoms with Crippen molar-refractivity contribution in [2.75, 3.05) is 0 Å². The van der Waals surface area contributed by atoms with Gasteiger partial charge < -0.3 is 0 Å². The molecule has 19 heavy (non-hydrogen) atoms. The second-order valence-corrected chi connectivity index (χ2v) is 7.43. The molecule has 116 valence electrons. The van der Waals surface area contributed by atoms with Gasteiger partial charge in [0.2, 0.25) is 0 Å². The average Bonchev–Trinajstić information content (AvgIpc) is 2.39. The van der Waals surface area contributed by atoms with Crippen molar-refractivity contribution in [1.82, 2.24) is 0 Å². The second-order valence-electron chi connectivity index (χ2n) is 7.43. The molecular formula is C19H40. The third kappa shape index (κ3) is 12.8. The van der Waals surface area contributed by atoms with Crippen molar-refractivity contribution < 1.29 is 0 Å². The van der Waals surface area contributed by atoms with E-state index in [-0.39, 0.29) is 0 Å². The second kappa shape index (κ2) is 11.8. The molecule has 0 amide bonds. The molecule has 0 nitrogen and oxygen atoms in total. The molecule has 0 N–H and O–H groups in total. The monoisotopic (exact) mass is 268 g/mol. The van der Waals surface area contributed by atoms with E-state index < -0.39 is 0 Å². The summed E-state index contributed by atoms with van der Waals surface area (Å²) in [5.74, 6) is 0.963. The quantitative estimate of drug-likeness (QED) is 0.306. The minimum atomic E-state index is 0.578. The summed E-state index contributed by atoms with van der Waals surface area (Å²) < 4.78 is 0. The van der Waals surface area contributed by atoms with E-state index in [0.717, 1.165) is 5.92 Å². The Kier molecular flexibility index (Phi) is 11.8. The Labute approximate surface area is 123 Å². The molecule has 0 rings (SSSR count). The van der Waals surface area contributed by atoms with Gasteiger partial charge in [0.25, 0.3) is 0 Å². The molecule has 0 fully saturated rings. The average molecular weight is 269 g/mol. The lowest BCUT2D eigenvalue weighted by molar-refractivity contribution is 0.307. The van der Waals surface area contributed by atoms with Gasteiger partial charge in [0.05, 0.1) is 0 Å². The van der Waals surface area contributed by atoms with Crippen molar-refractivity contribution in [2.45, 2.75) is 112 Å². The molecule has 0 aromatic heterocycles. The largest absolute Gasteiger partial charge is 0.0654 e. The van der Waals surface area contributed by atoms with E-state index in [1.54, 1.807) is 0 Å². The van der Waals surface area contributed by atoms with Gasteiger partial charge in [-0.25, -0.2) is 0 Å². The zero-order chi connectivity index (χ0) is 14.6. The fourth-order valence-corrected chi connectivity index (χ4v) is 2.68. The molecule has 0 aliphatic carbocycles. The maximum absolute atomic E-state index is 2.43. The van der Waals surface area contributed by atoms with Gasteiger partial charge in [0.15, 0.2) is 0 Å². The number of rotatable bonds is 13. The van der Waals surface area contributed by atoms with E-state index >= 15 is 0 Å². The Balaban J connectivity index is 3.23. The first-order valence-corrected chi connectivity index (χ1v) is 9.02. The Morgan fingerprint density at radius 3 is 1.84 bits per heavy atom. The summed E-state index contributed by atoms with van der Waals surface area (Å²) in [5.41, 5.74) is 0.578. The maximum atomic E-state index is 2.43. The molecule has 0 saturated heterocycles. The van der Waals surface area contributed by atoms with Crippen molar-refractivity contribution in [3.63, 3.8) is 0 Å². The normalized spacial score (nSPS) is 13.7. The third-order valence-electron chi connectivity index (χ3n) is 4.81. The molecule has 0 aromatic carbocycles. The van der Waals surface area contributed by atoms with Gasteiger partial charge in [-0.2, -0.15) is 0 Å². The van der Waals surface area contributed by atoms with E-state index in [0.29, 0.717) is 5.41 Å². The summed E-state index contributed by atoms with van der Waals surface area (Å²) in [6.45, 7) is 11.9. The Bertz CT molecular complexity index is 180. The maximum Gasteiger partial charge on any atom is -0.0357 e. The van der Waals surface area contributed by atoms with Gasteiger partial charge in [-0.15, -0.1) is 0 Å². The Morgan fingerprint density at radius 2 is 1.26 bits per heavy atom. The zero-order valence-corrected chi connectivity index (χ0v) is 14.6. The Hall–Kier alpha value is 0. The van der Waals surface area contributed by atoms with E-state index in [9.17, 15) is 0 Å². The SMILES string of the molecule is CCCCC(C)CCCCCCCCC(C)(C)CC. The van der Waals surface area contributed by atoms with Crippen molar-refractivity contribution in [3.8, 4) is 0 Å². The van der Waals surface area contributed by atoms with Gasteiger partial charge in [-0.05, 0) is 17.8 Å². The van der Waals surface area contributed by atoms with Crippen LogP contribution in [0.25, 0.3) is 0 Å². The van der Waals surface area contributed by atoms with Crippen LogP contribution in [0.4, 0.5) is 0 Å². The standard InChI is InChI=1S/C19H40/c1-6-8-15-18(3)16-13-11-9-10-12-14-17-19(4,5)7-2/h18H,6-17H2,1-5H3. The summed E-state index contributed by atoms with van der Waals surface area (Å²) in [7, 11) is 0. The lowest BCUT2D eigenvalue weighted by Crippen LogP contribution is -2.08. The first-order chi connectivity index (χ1) is 9.02. The predicted molar refractivity (Wildman–Crippen MR) is 89.7 cm³/mol. The van der Waals surface area contributed by atoms with Crippen LogP contribution in [0.15, 0.2) is 0 Å².